The van der Waals surface area contributed by atoms with E-state index in [4.69, 9.17) is 16.7 Å². The Labute approximate surface area is 152 Å². The Morgan fingerprint density at radius 2 is 2.16 bits per heavy atom. The third kappa shape index (κ3) is 6.01. The van der Waals surface area contributed by atoms with E-state index < -0.39 is 12.1 Å². The summed E-state index contributed by atoms with van der Waals surface area (Å²) in [6.07, 6.45) is 1.73. The Morgan fingerprint density at radius 3 is 2.76 bits per heavy atom. The van der Waals surface area contributed by atoms with Crippen molar-refractivity contribution < 1.29 is 15.0 Å². The number of nitrogens with zero attached hydrogens (tertiary/aromatic N) is 2. The molecular formula is C18H22ClN3O3. The lowest BCUT2D eigenvalue weighted by Crippen LogP contribution is -2.41. The highest BCUT2D eigenvalue weighted by Crippen LogP contribution is 2.18. The average molecular weight is 364 g/mol. The van der Waals surface area contributed by atoms with E-state index in [0.717, 1.165) is 24.2 Å². The van der Waals surface area contributed by atoms with Gasteiger partial charge in [0.2, 0.25) is 0 Å². The van der Waals surface area contributed by atoms with E-state index in [-0.39, 0.29) is 6.42 Å². The summed E-state index contributed by atoms with van der Waals surface area (Å²) >= 11 is 5.96. The minimum atomic E-state index is -0.909. The molecule has 0 fully saturated rings. The van der Waals surface area contributed by atoms with Crippen molar-refractivity contribution in [2.75, 3.05) is 18.1 Å². The van der Waals surface area contributed by atoms with Crippen LogP contribution in [0.2, 0.25) is 5.02 Å². The molecule has 25 heavy (non-hydrogen) atoms. The second-order valence-corrected chi connectivity index (χ2v) is 6.10. The largest absolute Gasteiger partial charge is 0.481 e. The first-order valence-electron chi connectivity index (χ1n) is 8.11. The van der Waals surface area contributed by atoms with Crippen molar-refractivity contribution in [3.05, 3.63) is 58.9 Å². The first-order chi connectivity index (χ1) is 12.0. The number of pyridine rings is 1. The second kappa shape index (κ2) is 9.36. The number of aliphatic hydroxyl groups is 1. The molecule has 3 N–H and O–H groups in total. The highest BCUT2D eigenvalue weighted by Gasteiger charge is 2.12. The van der Waals surface area contributed by atoms with Crippen molar-refractivity contribution in [1.29, 1.82) is 0 Å². The van der Waals surface area contributed by atoms with Gasteiger partial charge in [0.15, 0.2) is 0 Å². The van der Waals surface area contributed by atoms with E-state index in [1.807, 2.05) is 24.1 Å². The molecule has 0 unspecified atom stereocenters. The number of halogens is 1. The number of hydrazine groups is 1. The third-order valence-electron chi connectivity index (χ3n) is 3.61. The molecule has 2 rings (SSSR count). The quantitative estimate of drug-likeness (QED) is 0.594. The Hall–Kier alpha value is -2.15. The van der Waals surface area contributed by atoms with E-state index in [2.05, 4.69) is 10.4 Å². The molecule has 0 saturated heterocycles. The minimum absolute atomic E-state index is 0.102. The standard InChI is InChI=1S/C18H22ClN3O3/c1-2-8-22(16-7-6-15(20-11-16)10-18(24)25)21-12-17(23)13-4-3-5-14(19)9-13/h3-7,9,11,17,21,23H,2,8,10,12H2,1H3,(H,24,25)/t17-/m0/s1. The molecule has 7 heteroatoms. The Bertz CT molecular complexity index is 694. The van der Waals surface area contributed by atoms with Crippen LogP contribution in [0.3, 0.4) is 0 Å². The number of carbonyl (C=O) groups is 1. The van der Waals surface area contributed by atoms with E-state index in [9.17, 15) is 9.90 Å². The van der Waals surface area contributed by atoms with Gasteiger partial charge >= 0.3 is 5.97 Å². The molecule has 1 heterocycles. The molecule has 0 aliphatic carbocycles. The number of rotatable bonds is 9. The molecule has 2 aromatic rings. The van der Waals surface area contributed by atoms with Gasteiger partial charge < -0.3 is 15.2 Å². The fourth-order valence-corrected chi connectivity index (χ4v) is 2.59. The first kappa shape index (κ1) is 19.2. The van der Waals surface area contributed by atoms with Crippen LogP contribution in [0.5, 0.6) is 0 Å². The summed E-state index contributed by atoms with van der Waals surface area (Å²) in [5.74, 6) is -0.909. The van der Waals surface area contributed by atoms with Gasteiger partial charge in [-0.25, -0.2) is 5.43 Å². The minimum Gasteiger partial charge on any atom is -0.481 e. The van der Waals surface area contributed by atoms with Crippen LogP contribution in [-0.2, 0) is 11.2 Å². The predicted octanol–water partition coefficient (Wildman–Crippen LogP) is 2.82. The van der Waals surface area contributed by atoms with E-state index in [1.165, 1.54) is 0 Å². The maximum atomic E-state index is 10.7. The fraction of sp³-hybridized carbons (Fsp3) is 0.333. The third-order valence-corrected chi connectivity index (χ3v) is 3.84. The van der Waals surface area contributed by atoms with Gasteiger partial charge in [-0.3, -0.25) is 9.78 Å². The summed E-state index contributed by atoms with van der Waals surface area (Å²) < 4.78 is 0. The zero-order chi connectivity index (χ0) is 18.2. The summed E-state index contributed by atoms with van der Waals surface area (Å²) in [4.78, 5) is 14.9. The summed E-state index contributed by atoms with van der Waals surface area (Å²) in [6, 6.07) is 10.6. The maximum absolute atomic E-state index is 10.7. The maximum Gasteiger partial charge on any atom is 0.309 e. The molecule has 6 nitrogen and oxygen atoms in total. The Morgan fingerprint density at radius 1 is 1.36 bits per heavy atom. The van der Waals surface area contributed by atoms with Crippen molar-refractivity contribution in [1.82, 2.24) is 10.4 Å². The molecule has 134 valence electrons. The van der Waals surface area contributed by atoms with Gasteiger partial charge in [0.25, 0.3) is 0 Å². The summed E-state index contributed by atoms with van der Waals surface area (Å²) in [6.45, 7) is 3.09. The number of hydrogen-bond acceptors (Lipinski definition) is 5. The summed E-state index contributed by atoms with van der Waals surface area (Å²) in [5.41, 5.74) is 5.26. The molecule has 1 aromatic heterocycles. The number of nitrogens with one attached hydrogen (secondary N) is 1. The van der Waals surface area contributed by atoms with Gasteiger partial charge in [-0.15, -0.1) is 0 Å². The van der Waals surface area contributed by atoms with Crippen LogP contribution in [0.25, 0.3) is 0 Å². The smallest absolute Gasteiger partial charge is 0.309 e. The van der Waals surface area contributed by atoms with Crippen molar-refractivity contribution >= 4 is 23.3 Å². The molecule has 0 amide bonds. The number of aliphatic hydroxyl groups excluding tert-OH is 1. The zero-order valence-electron chi connectivity index (χ0n) is 14.0. The van der Waals surface area contributed by atoms with Crippen molar-refractivity contribution in [2.45, 2.75) is 25.9 Å². The topological polar surface area (TPSA) is 85.7 Å². The van der Waals surface area contributed by atoms with Crippen molar-refractivity contribution in [2.24, 2.45) is 0 Å². The van der Waals surface area contributed by atoms with Gasteiger partial charge in [0, 0.05) is 18.1 Å². The molecule has 0 aliphatic rings. The number of aromatic nitrogens is 1. The Kier molecular flexibility index (Phi) is 7.18. The lowest BCUT2D eigenvalue weighted by Gasteiger charge is -2.26. The van der Waals surface area contributed by atoms with Crippen LogP contribution >= 0.6 is 11.6 Å². The van der Waals surface area contributed by atoms with Gasteiger partial charge in [-0.05, 0) is 36.2 Å². The van der Waals surface area contributed by atoms with Crippen LogP contribution in [0.4, 0.5) is 5.69 Å². The lowest BCUT2D eigenvalue weighted by atomic mass is 10.1. The number of anilines is 1. The van der Waals surface area contributed by atoms with Crippen molar-refractivity contribution in [3.63, 3.8) is 0 Å². The van der Waals surface area contributed by atoms with Gasteiger partial charge in [0.1, 0.15) is 0 Å². The normalized spacial score (nSPS) is 12.0. The van der Waals surface area contributed by atoms with E-state index in [1.54, 1.807) is 30.5 Å². The van der Waals surface area contributed by atoms with Crippen LogP contribution in [0.15, 0.2) is 42.6 Å². The average Bonchev–Trinajstić information content (AvgIpc) is 2.58. The van der Waals surface area contributed by atoms with Gasteiger partial charge in [-0.1, -0.05) is 30.7 Å². The molecule has 0 bridgehead atoms. The van der Waals surface area contributed by atoms with Gasteiger partial charge in [0.05, 0.1) is 30.1 Å². The van der Waals surface area contributed by atoms with Crippen molar-refractivity contribution in [3.8, 4) is 0 Å². The van der Waals surface area contributed by atoms with E-state index >= 15 is 0 Å². The SMILES string of the molecule is CCCN(NC[C@H](O)c1cccc(Cl)c1)c1ccc(CC(=O)O)nc1. The monoisotopic (exact) mass is 363 g/mol. The zero-order valence-corrected chi connectivity index (χ0v) is 14.8. The highest BCUT2D eigenvalue weighted by atomic mass is 35.5. The van der Waals surface area contributed by atoms with Crippen LogP contribution in [-0.4, -0.2) is 34.3 Å². The molecule has 0 saturated carbocycles. The molecule has 1 atom stereocenters. The molecule has 0 radical (unpaired) electrons. The van der Waals surface area contributed by atoms with Crippen LogP contribution < -0.4 is 10.4 Å². The second-order valence-electron chi connectivity index (χ2n) is 5.66. The van der Waals surface area contributed by atoms with Crippen LogP contribution in [0.1, 0.15) is 30.7 Å². The number of benzene rings is 1. The Balaban J connectivity index is 2.01. The molecule has 1 aromatic carbocycles. The predicted molar refractivity (Wildman–Crippen MR) is 97.6 cm³/mol. The number of carboxylic acids is 1. The fourth-order valence-electron chi connectivity index (χ4n) is 2.39. The van der Waals surface area contributed by atoms with Gasteiger partial charge in [-0.2, -0.15) is 0 Å². The number of aliphatic carboxylic acids is 1. The lowest BCUT2D eigenvalue weighted by molar-refractivity contribution is -0.136. The summed E-state index contributed by atoms with van der Waals surface area (Å²) in [7, 11) is 0. The molecule has 0 spiro atoms. The summed E-state index contributed by atoms with van der Waals surface area (Å²) in [5, 5.41) is 21.6. The highest BCUT2D eigenvalue weighted by molar-refractivity contribution is 6.30. The van der Waals surface area contributed by atoms with E-state index in [0.29, 0.717) is 17.3 Å². The number of hydrogen-bond donors (Lipinski definition) is 3. The number of carboxylic acid groups (broad SMARTS) is 1. The molecule has 0 aliphatic heterocycles. The molecular weight excluding hydrogens is 342 g/mol. The first-order valence-corrected chi connectivity index (χ1v) is 8.48. The van der Waals surface area contributed by atoms with Crippen LogP contribution in [0, 0.1) is 0 Å².